The smallest absolute Gasteiger partial charge is 0.311 e. The molecule has 3 aromatic carbocycles. The second kappa shape index (κ2) is 6.67. The third-order valence-electron chi connectivity index (χ3n) is 4.06. The summed E-state index contributed by atoms with van der Waals surface area (Å²) in [5.41, 5.74) is 1.39. The molecule has 0 aliphatic rings. The Morgan fingerprint density at radius 3 is 2.09 bits per heavy atom. The highest BCUT2D eigenvalue weighted by atomic mass is 31.2. The topological polar surface area (TPSA) is 35.5 Å². The predicted octanol–water partition coefficient (Wildman–Crippen LogP) is 5.42. The Morgan fingerprint density at radius 2 is 1.39 bits per heavy atom. The zero-order valence-electron chi connectivity index (χ0n) is 13.2. The van der Waals surface area contributed by atoms with Crippen LogP contribution < -0.4 is 0 Å². The number of fused-ring (bicyclic) bond motifs is 1. The average molecular weight is 326 g/mol. The molecule has 23 heavy (non-hydrogen) atoms. The highest BCUT2D eigenvalue weighted by molar-refractivity contribution is 7.54. The second-order valence-corrected chi connectivity index (χ2v) is 7.61. The summed E-state index contributed by atoms with van der Waals surface area (Å²) >= 11 is 0. The van der Waals surface area contributed by atoms with Gasteiger partial charge in [0.05, 0.1) is 0 Å². The van der Waals surface area contributed by atoms with Crippen LogP contribution in [0, 0.1) is 0 Å². The van der Waals surface area contributed by atoms with Gasteiger partial charge in [-0.2, -0.15) is 0 Å². The average Bonchev–Trinajstić information content (AvgIpc) is 2.63. The third-order valence-corrected chi connectivity index (χ3v) is 6.29. The van der Waals surface area contributed by atoms with Crippen molar-refractivity contribution in [2.24, 2.45) is 0 Å². The normalized spacial score (nSPS) is 13.1. The third kappa shape index (κ3) is 2.96. The van der Waals surface area contributed by atoms with E-state index in [1.165, 1.54) is 14.2 Å². The fourth-order valence-electron chi connectivity index (χ4n) is 2.94. The zero-order chi connectivity index (χ0) is 16.3. The van der Waals surface area contributed by atoms with Crippen molar-refractivity contribution in [2.45, 2.75) is 5.66 Å². The Bertz CT molecular complexity index is 832. The van der Waals surface area contributed by atoms with Gasteiger partial charge >= 0.3 is 7.60 Å². The maximum Gasteiger partial charge on any atom is 0.341 e. The SMILES string of the molecule is COP(=O)(OC)C(c1ccccc1)c1cccc2ccccc12. The van der Waals surface area contributed by atoms with Gasteiger partial charge in [0, 0.05) is 14.2 Å². The monoisotopic (exact) mass is 326 g/mol. The number of hydrogen-bond donors (Lipinski definition) is 0. The molecular formula is C19H19O3P. The summed E-state index contributed by atoms with van der Waals surface area (Å²) in [5.74, 6) is 0. The van der Waals surface area contributed by atoms with Crippen molar-refractivity contribution < 1.29 is 13.6 Å². The summed E-state index contributed by atoms with van der Waals surface area (Å²) in [7, 11) is -0.468. The van der Waals surface area contributed by atoms with Gasteiger partial charge in [0.25, 0.3) is 0 Å². The molecule has 0 aliphatic carbocycles. The van der Waals surface area contributed by atoms with Crippen molar-refractivity contribution in [1.29, 1.82) is 0 Å². The molecule has 0 radical (unpaired) electrons. The minimum atomic E-state index is -3.34. The van der Waals surface area contributed by atoms with E-state index in [0.717, 1.165) is 21.9 Å². The minimum absolute atomic E-state index is 0.468. The Morgan fingerprint density at radius 1 is 0.783 bits per heavy atom. The largest absolute Gasteiger partial charge is 0.341 e. The molecule has 0 heterocycles. The summed E-state index contributed by atoms with van der Waals surface area (Å²) in [6.07, 6.45) is 0. The van der Waals surface area contributed by atoms with Crippen molar-refractivity contribution in [1.82, 2.24) is 0 Å². The lowest BCUT2D eigenvalue weighted by atomic mass is 9.98. The van der Waals surface area contributed by atoms with E-state index in [1.54, 1.807) is 0 Å². The van der Waals surface area contributed by atoms with Crippen molar-refractivity contribution in [3.8, 4) is 0 Å². The van der Waals surface area contributed by atoms with E-state index in [4.69, 9.17) is 9.05 Å². The van der Waals surface area contributed by atoms with E-state index >= 15 is 0 Å². The van der Waals surface area contributed by atoms with Crippen LogP contribution in [0.1, 0.15) is 16.8 Å². The van der Waals surface area contributed by atoms with Crippen LogP contribution in [0.4, 0.5) is 0 Å². The number of benzene rings is 3. The van der Waals surface area contributed by atoms with Crippen molar-refractivity contribution in [3.05, 3.63) is 83.9 Å². The number of hydrogen-bond acceptors (Lipinski definition) is 3. The van der Waals surface area contributed by atoms with Crippen LogP contribution in [0.5, 0.6) is 0 Å². The zero-order valence-corrected chi connectivity index (χ0v) is 14.1. The van der Waals surface area contributed by atoms with Gasteiger partial charge < -0.3 is 9.05 Å². The van der Waals surface area contributed by atoms with Crippen LogP contribution in [-0.4, -0.2) is 14.2 Å². The molecule has 0 fully saturated rings. The molecule has 0 saturated heterocycles. The van der Waals surface area contributed by atoms with Gasteiger partial charge in [0.1, 0.15) is 5.66 Å². The number of rotatable bonds is 5. The maximum atomic E-state index is 13.3. The van der Waals surface area contributed by atoms with E-state index in [0.29, 0.717) is 0 Å². The quantitative estimate of drug-likeness (QED) is 0.588. The van der Waals surface area contributed by atoms with E-state index in [9.17, 15) is 4.57 Å². The molecule has 1 atom stereocenters. The van der Waals surface area contributed by atoms with E-state index in [-0.39, 0.29) is 0 Å². The van der Waals surface area contributed by atoms with Gasteiger partial charge in [0.15, 0.2) is 0 Å². The second-order valence-electron chi connectivity index (χ2n) is 5.29. The Kier molecular flexibility index (Phi) is 4.63. The molecule has 1 unspecified atom stereocenters. The molecule has 4 heteroatoms. The van der Waals surface area contributed by atoms with Crippen LogP contribution in [0.15, 0.2) is 72.8 Å². The maximum absolute atomic E-state index is 13.3. The molecule has 0 N–H and O–H groups in total. The molecule has 0 amide bonds. The molecule has 0 aromatic heterocycles. The van der Waals surface area contributed by atoms with Crippen LogP contribution >= 0.6 is 7.60 Å². The highest BCUT2D eigenvalue weighted by Gasteiger charge is 2.37. The first-order valence-electron chi connectivity index (χ1n) is 7.43. The molecule has 0 spiro atoms. The first-order chi connectivity index (χ1) is 11.2. The van der Waals surface area contributed by atoms with E-state index in [1.807, 2.05) is 72.8 Å². The van der Waals surface area contributed by atoms with Gasteiger partial charge in [0.2, 0.25) is 0 Å². The van der Waals surface area contributed by atoms with Gasteiger partial charge in [-0.3, -0.25) is 4.57 Å². The summed E-state index contributed by atoms with van der Waals surface area (Å²) in [5, 5.41) is 2.16. The standard InChI is InChI=1S/C19H19O3P/c1-21-23(20,22-2)19(16-10-4-3-5-11-16)18-14-8-12-15-9-6-7-13-17(15)18/h3-14,19H,1-2H3. The minimum Gasteiger partial charge on any atom is -0.311 e. The Hall–Kier alpha value is -1.93. The molecule has 0 bridgehead atoms. The molecule has 118 valence electrons. The first-order valence-corrected chi connectivity index (χ1v) is 9.04. The molecule has 0 saturated carbocycles. The summed E-state index contributed by atoms with van der Waals surface area (Å²) < 4.78 is 23.9. The molecule has 3 aromatic rings. The summed E-state index contributed by atoms with van der Waals surface area (Å²) in [6.45, 7) is 0. The predicted molar refractivity (Wildman–Crippen MR) is 93.9 cm³/mol. The summed E-state index contributed by atoms with van der Waals surface area (Å²) in [6, 6.07) is 23.8. The Labute approximate surface area is 136 Å². The van der Waals surface area contributed by atoms with Crippen molar-refractivity contribution in [2.75, 3.05) is 14.2 Å². The van der Waals surface area contributed by atoms with Crippen LogP contribution in [0.2, 0.25) is 0 Å². The van der Waals surface area contributed by atoms with Gasteiger partial charge in [-0.1, -0.05) is 72.8 Å². The van der Waals surface area contributed by atoms with E-state index < -0.39 is 13.3 Å². The van der Waals surface area contributed by atoms with Crippen molar-refractivity contribution in [3.63, 3.8) is 0 Å². The highest BCUT2D eigenvalue weighted by Crippen LogP contribution is 2.63. The Balaban J connectivity index is 2.29. The van der Waals surface area contributed by atoms with E-state index in [2.05, 4.69) is 0 Å². The lowest BCUT2D eigenvalue weighted by Crippen LogP contribution is -2.06. The van der Waals surface area contributed by atoms with Gasteiger partial charge in [-0.05, 0) is 21.9 Å². The van der Waals surface area contributed by atoms with Crippen molar-refractivity contribution >= 4 is 18.4 Å². The lowest BCUT2D eigenvalue weighted by Gasteiger charge is -2.26. The van der Waals surface area contributed by atoms with Crippen LogP contribution in [-0.2, 0) is 13.6 Å². The molecule has 3 nitrogen and oxygen atoms in total. The fraction of sp³-hybridized carbons (Fsp3) is 0.158. The van der Waals surface area contributed by atoms with Gasteiger partial charge in [-0.15, -0.1) is 0 Å². The summed E-state index contributed by atoms with van der Waals surface area (Å²) in [4.78, 5) is 0. The first kappa shape index (κ1) is 15.9. The molecule has 0 aliphatic heterocycles. The van der Waals surface area contributed by atoms with Gasteiger partial charge in [-0.25, -0.2) is 0 Å². The molecule has 3 rings (SSSR count). The fourth-order valence-corrected chi connectivity index (χ4v) is 4.62. The van der Waals surface area contributed by atoms with Crippen LogP contribution in [0.3, 0.4) is 0 Å². The molecular weight excluding hydrogens is 307 g/mol. The lowest BCUT2D eigenvalue weighted by molar-refractivity contribution is 0.270. The van der Waals surface area contributed by atoms with Crippen LogP contribution in [0.25, 0.3) is 10.8 Å².